The summed E-state index contributed by atoms with van der Waals surface area (Å²) in [5, 5.41) is 9.79. The van der Waals surface area contributed by atoms with Gasteiger partial charge in [0.05, 0.1) is 6.20 Å². The molecule has 0 saturated carbocycles. The number of hydrogen-bond donors (Lipinski definition) is 2. The van der Waals surface area contributed by atoms with Crippen molar-refractivity contribution < 1.29 is 14.6 Å². The van der Waals surface area contributed by atoms with Gasteiger partial charge in [-0.05, 0) is 71.2 Å². The van der Waals surface area contributed by atoms with Crippen LogP contribution in [0.25, 0.3) is 11.1 Å². The number of carboxylic acids is 1. The highest BCUT2D eigenvalue weighted by Crippen LogP contribution is 2.46. The van der Waals surface area contributed by atoms with Crippen LogP contribution in [0, 0.1) is 5.41 Å². The predicted octanol–water partition coefficient (Wildman–Crippen LogP) is 7.12. The zero-order valence-corrected chi connectivity index (χ0v) is 23.1. The van der Waals surface area contributed by atoms with Crippen LogP contribution in [0.4, 0.5) is 5.82 Å². The normalized spacial score (nSPS) is 19.5. The van der Waals surface area contributed by atoms with E-state index in [1.54, 1.807) is 24.3 Å². The third kappa shape index (κ3) is 6.18. The van der Waals surface area contributed by atoms with Gasteiger partial charge in [0.1, 0.15) is 22.9 Å². The number of anilines is 1. The summed E-state index contributed by atoms with van der Waals surface area (Å²) in [5.74, 6) is 0.0464. The highest BCUT2D eigenvalue weighted by Gasteiger charge is 2.36. The summed E-state index contributed by atoms with van der Waals surface area (Å²) in [6.45, 7) is 7.14. The van der Waals surface area contributed by atoms with Gasteiger partial charge in [-0.25, -0.2) is 9.78 Å². The van der Waals surface area contributed by atoms with Crippen molar-refractivity contribution >= 4 is 34.5 Å². The van der Waals surface area contributed by atoms with Crippen LogP contribution in [0.2, 0.25) is 0 Å². The van der Waals surface area contributed by atoms with Crippen molar-refractivity contribution in [3.63, 3.8) is 0 Å². The zero-order chi connectivity index (χ0) is 27.6. The average molecular weight is 544 g/mol. The van der Waals surface area contributed by atoms with Gasteiger partial charge in [-0.3, -0.25) is 4.90 Å². The van der Waals surface area contributed by atoms with Gasteiger partial charge in [0, 0.05) is 25.0 Å². The number of aromatic carboxylic acids is 1. The van der Waals surface area contributed by atoms with Crippen LogP contribution in [-0.2, 0) is 0 Å². The Morgan fingerprint density at radius 2 is 1.95 bits per heavy atom. The van der Waals surface area contributed by atoms with Gasteiger partial charge in [-0.1, -0.05) is 61.9 Å². The standard InChI is InChI=1S/C32H34ClN3O3/c1-32(2)18-27(22-6-4-3-5-7-22)24(17-29(32)33)20-36-14-12-21(13-15-36)23-8-10-26(31(37)38)28(16-23)39-25-9-11-30(34)35-19-25/h3-12,16,19,29H,13-15,17-18,20H2,1-2H3,(H2,34,35)(H,37,38). The number of allylic oxidation sites excluding steroid dienone is 1. The third-order valence-electron chi connectivity index (χ3n) is 7.73. The number of rotatable bonds is 7. The number of nitrogens with two attached hydrogens (primary N) is 1. The fraction of sp³-hybridized carbons (Fsp3) is 0.312. The number of benzene rings is 2. The van der Waals surface area contributed by atoms with Gasteiger partial charge < -0.3 is 15.6 Å². The lowest BCUT2D eigenvalue weighted by atomic mass is 9.72. The van der Waals surface area contributed by atoms with E-state index < -0.39 is 5.97 Å². The summed E-state index contributed by atoms with van der Waals surface area (Å²) in [4.78, 5) is 18.3. The molecule has 1 atom stereocenters. The number of aromatic nitrogens is 1. The second-order valence-electron chi connectivity index (χ2n) is 11.0. The van der Waals surface area contributed by atoms with Gasteiger partial charge in [0.25, 0.3) is 0 Å². The van der Waals surface area contributed by atoms with Gasteiger partial charge in [-0.15, -0.1) is 11.6 Å². The summed E-state index contributed by atoms with van der Waals surface area (Å²) in [6.07, 6.45) is 6.45. The summed E-state index contributed by atoms with van der Waals surface area (Å²) in [6, 6.07) is 19.2. The molecular weight excluding hydrogens is 510 g/mol. The first-order valence-electron chi connectivity index (χ1n) is 13.3. The van der Waals surface area contributed by atoms with Gasteiger partial charge in [-0.2, -0.15) is 0 Å². The molecule has 1 unspecified atom stereocenters. The topological polar surface area (TPSA) is 88.7 Å². The van der Waals surface area contributed by atoms with Crippen LogP contribution in [0.1, 0.15) is 54.6 Å². The van der Waals surface area contributed by atoms with Crippen molar-refractivity contribution in [1.29, 1.82) is 0 Å². The van der Waals surface area contributed by atoms with E-state index >= 15 is 0 Å². The molecule has 0 fully saturated rings. The Balaban J connectivity index is 1.35. The molecule has 2 aromatic carbocycles. The van der Waals surface area contributed by atoms with E-state index in [1.165, 1.54) is 28.5 Å². The number of nitrogens with zero attached hydrogens (tertiary/aromatic N) is 2. The van der Waals surface area contributed by atoms with E-state index in [0.29, 0.717) is 11.6 Å². The van der Waals surface area contributed by atoms with Crippen molar-refractivity contribution in [3.8, 4) is 11.5 Å². The molecule has 1 aromatic heterocycles. The first-order chi connectivity index (χ1) is 18.7. The highest BCUT2D eigenvalue weighted by molar-refractivity contribution is 6.21. The highest BCUT2D eigenvalue weighted by atomic mass is 35.5. The van der Waals surface area contributed by atoms with E-state index in [1.807, 2.05) is 6.07 Å². The summed E-state index contributed by atoms with van der Waals surface area (Å²) < 4.78 is 5.90. The van der Waals surface area contributed by atoms with Crippen LogP contribution in [-0.4, -0.2) is 46.0 Å². The minimum Gasteiger partial charge on any atom is -0.478 e. The molecule has 202 valence electrons. The first kappa shape index (κ1) is 27.0. The lowest BCUT2D eigenvalue weighted by molar-refractivity contribution is 0.0694. The lowest BCUT2D eigenvalue weighted by Gasteiger charge is -2.39. The predicted molar refractivity (Wildman–Crippen MR) is 157 cm³/mol. The molecule has 7 heteroatoms. The maximum Gasteiger partial charge on any atom is 0.339 e. The summed E-state index contributed by atoms with van der Waals surface area (Å²) in [5.41, 5.74) is 12.1. The minimum absolute atomic E-state index is 0.0511. The van der Waals surface area contributed by atoms with Crippen molar-refractivity contribution in [2.24, 2.45) is 5.41 Å². The fourth-order valence-corrected chi connectivity index (χ4v) is 5.63. The van der Waals surface area contributed by atoms with Crippen LogP contribution < -0.4 is 10.5 Å². The maximum atomic E-state index is 11.8. The molecule has 5 rings (SSSR count). The Morgan fingerprint density at radius 1 is 1.15 bits per heavy atom. The van der Waals surface area contributed by atoms with E-state index in [2.05, 4.69) is 60.1 Å². The van der Waals surface area contributed by atoms with Crippen molar-refractivity contribution in [2.75, 3.05) is 25.4 Å². The fourth-order valence-electron chi connectivity index (χ4n) is 5.36. The molecule has 1 aliphatic heterocycles. The molecule has 6 nitrogen and oxygen atoms in total. The molecular formula is C32H34ClN3O3. The average Bonchev–Trinajstić information content (AvgIpc) is 2.93. The van der Waals surface area contributed by atoms with Crippen LogP contribution in [0.15, 0.2) is 78.5 Å². The first-order valence-corrected chi connectivity index (χ1v) is 13.7. The Bertz CT molecular complexity index is 1410. The molecule has 2 aliphatic rings. The van der Waals surface area contributed by atoms with Crippen LogP contribution in [0.3, 0.4) is 0 Å². The van der Waals surface area contributed by atoms with Gasteiger partial charge >= 0.3 is 5.97 Å². The molecule has 0 amide bonds. The molecule has 0 radical (unpaired) electrons. The third-order valence-corrected chi connectivity index (χ3v) is 8.48. The quantitative estimate of drug-likeness (QED) is 0.308. The number of carboxylic acid groups (broad SMARTS) is 1. The van der Waals surface area contributed by atoms with Crippen LogP contribution in [0.5, 0.6) is 11.5 Å². The molecule has 2 heterocycles. The van der Waals surface area contributed by atoms with E-state index in [9.17, 15) is 9.90 Å². The van der Waals surface area contributed by atoms with E-state index in [-0.39, 0.29) is 22.1 Å². The molecule has 0 saturated heterocycles. The van der Waals surface area contributed by atoms with E-state index in [4.69, 9.17) is 22.1 Å². The van der Waals surface area contributed by atoms with Gasteiger partial charge in [0.15, 0.2) is 0 Å². The Kier molecular flexibility index (Phi) is 7.78. The minimum atomic E-state index is -1.04. The zero-order valence-electron chi connectivity index (χ0n) is 22.4. The number of alkyl halides is 1. The second-order valence-corrected chi connectivity index (χ2v) is 11.6. The Labute approximate surface area is 234 Å². The molecule has 3 aromatic rings. The van der Waals surface area contributed by atoms with Crippen LogP contribution >= 0.6 is 11.6 Å². The number of hydrogen-bond acceptors (Lipinski definition) is 5. The summed E-state index contributed by atoms with van der Waals surface area (Å²) in [7, 11) is 0. The smallest absolute Gasteiger partial charge is 0.339 e. The molecule has 0 bridgehead atoms. The number of ether oxygens (including phenoxy) is 1. The summed E-state index contributed by atoms with van der Waals surface area (Å²) >= 11 is 6.86. The molecule has 1 aliphatic carbocycles. The number of pyridine rings is 1. The van der Waals surface area contributed by atoms with Gasteiger partial charge in [0.2, 0.25) is 0 Å². The second kappa shape index (κ2) is 11.2. The van der Waals surface area contributed by atoms with E-state index in [0.717, 1.165) is 44.5 Å². The number of carbonyl (C=O) groups is 1. The monoisotopic (exact) mass is 543 g/mol. The molecule has 0 spiro atoms. The Morgan fingerprint density at radius 3 is 2.62 bits per heavy atom. The van der Waals surface area contributed by atoms with Crippen molar-refractivity contribution in [3.05, 3.63) is 95.2 Å². The maximum absolute atomic E-state index is 11.8. The molecule has 39 heavy (non-hydrogen) atoms. The lowest BCUT2D eigenvalue weighted by Crippen LogP contribution is -2.35. The molecule has 3 N–H and O–H groups in total. The Hall–Kier alpha value is -3.61. The SMILES string of the molecule is CC1(C)CC(c2ccccc2)=C(CN2CC=C(c3ccc(C(=O)O)c(Oc4ccc(N)nc4)c3)CC2)CC1Cl. The largest absolute Gasteiger partial charge is 0.478 e. The number of halogens is 1. The van der Waals surface area contributed by atoms with Crippen molar-refractivity contribution in [2.45, 2.75) is 38.5 Å². The van der Waals surface area contributed by atoms with Crippen molar-refractivity contribution in [1.82, 2.24) is 9.88 Å². The number of nitrogen functional groups attached to an aromatic ring is 1.